The van der Waals surface area contributed by atoms with Crippen molar-refractivity contribution >= 4 is 27.3 Å². The number of aliphatic hydroxyl groups is 1. The Morgan fingerprint density at radius 2 is 2.21 bits per heavy atom. The number of nitrogen functional groups attached to an aromatic ring is 1. The molecule has 1 saturated heterocycles. The molecule has 5 nitrogen and oxygen atoms in total. The van der Waals surface area contributed by atoms with Crippen molar-refractivity contribution in [2.24, 2.45) is 0 Å². The molecule has 19 heavy (non-hydrogen) atoms. The van der Waals surface area contributed by atoms with Crippen LogP contribution in [0.3, 0.4) is 0 Å². The largest absolute Gasteiger partial charge is 0.396 e. The Bertz CT molecular complexity index is 594. The van der Waals surface area contributed by atoms with Crippen molar-refractivity contribution in [2.45, 2.75) is 23.8 Å². The summed E-state index contributed by atoms with van der Waals surface area (Å²) >= 11 is 5.79. The molecule has 1 heterocycles. The average Bonchev–Trinajstić information content (AvgIpc) is 2.82. The molecule has 1 aliphatic heterocycles. The first-order chi connectivity index (χ1) is 8.87. The molecule has 0 bridgehead atoms. The maximum Gasteiger partial charge on any atom is 0.244 e. The highest BCUT2D eigenvalue weighted by Gasteiger charge is 2.36. The van der Waals surface area contributed by atoms with E-state index in [4.69, 9.17) is 17.3 Å². The zero-order valence-corrected chi connectivity index (χ0v) is 11.6. The summed E-state index contributed by atoms with van der Waals surface area (Å²) < 4.78 is 39.3. The first-order valence-electron chi connectivity index (χ1n) is 5.75. The predicted octanol–water partition coefficient (Wildman–Crippen LogP) is 1.21. The van der Waals surface area contributed by atoms with Crippen LogP contribution in [0, 0.1) is 5.82 Å². The zero-order chi connectivity index (χ0) is 14.2. The van der Waals surface area contributed by atoms with Crippen molar-refractivity contribution in [1.82, 2.24) is 4.31 Å². The van der Waals surface area contributed by atoms with Crippen molar-refractivity contribution < 1.29 is 17.9 Å². The van der Waals surface area contributed by atoms with Crippen LogP contribution in [0.4, 0.5) is 10.1 Å². The van der Waals surface area contributed by atoms with E-state index < -0.39 is 21.9 Å². The summed E-state index contributed by atoms with van der Waals surface area (Å²) in [6, 6.07) is 1.43. The van der Waals surface area contributed by atoms with E-state index in [2.05, 4.69) is 0 Å². The van der Waals surface area contributed by atoms with E-state index in [0.29, 0.717) is 19.4 Å². The summed E-state index contributed by atoms with van der Waals surface area (Å²) in [5.74, 6) is -0.760. The first-order valence-corrected chi connectivity index (χ1v) is 7.57. The van der Waals surface area contributed by atoms with Gasteiger partial charge in [-0.05, 0) is 25.0 Å². The molecule has 0 aliphatic carbocycles. The summed E-state index contributed by atoms with van der Waals surface area (Å²) in [6.07, 6.45) is 1.25. The van der Waals surface area contributed by atoms with Crippen LogP contribution in [0.25, 0.3) is 0 Å². The maximum atomic E-state index is 13.2. The number of hydrogen-bond acceptors (Lipinski definition) is 4. The van der Waals surface area contributed by atoms with Gasteiger partial charge in [0.1, 0.15) is 10.7 Å². The Hall–Kier alpha value is -0.890. The summed E-state index contributed by atoms with van der Waals surface area (Å²) in [4.78, 5) is -0.228. The Morgan fingerprint density at radius 3 is 2.84 bits per heavy atom. The molecule has 0 amide bonds. The quantitative estimate of drug-likeness (QED) is 0.822. The molecule has 0 unspecified atom stereocenters. The fourth-order valence-corrected chi connectivity index (χ4v) is 4.39. The Kier molecular flexibility index (Phi) is 4.00. The van der Waals surface area contributed by atoms with Gasteiger partial charge < -0.3 is 10.8 Å². The van der Waals surface area contributed by atoms with Gasteiger partial charge >= 0.3 is 0 Å². The summed E-state index contributed by atoms with van der Waals surface area (Å²) in [5, 5.41) is 8.98. The lowest BCUT2D eigenvalue weighted by molar-refractivity contribution is 0.213. The molecule has 0 radical (unpaired) electrons. The monoisotopic (exact) mass is 308 g/mol. The first kappa shape index (κ1) is 14.5. The molecule has 0 spiro atoms. The molecule has 106 valence electrons. The van der Waals surface area contributed by atoms with E-state index in [1.807, 2.05) is 0 Å². The van der Waals surface area contributed by atoms with Crippen molar-refractivity contribution in [3.05, 3.63) is 23.0 Å². The summed E-state index contributed by atoms with van der Waals surface area (Å²) in [5.41, 5.74) is 5.11. The van der Waals surface area contributed by atoms with Crippen LogP contribution in [0.2, 0.25) is 5.02 Å². The van der Waals surface area contributed by atoms with E-state index in [1.165, 1.54) is 4.31 Å². The third kappa shape index (κ3) is 2.55. The van der Waals surface area contributed by atoms with Gasteiger partial charge in [0.25, 0.3) is 0 Å². The van der Waals surface area contributed by atoms with Gasteiger partial charge in [0, 0.05) is 12.6 Å². The van der Waals surface area contributed by atoms with E-state index in [1.54, 1.807) is 0 Å². The molecule has 0 saturated carbocycles. The second kappa shape index (κ2) is 5.24. The zero-order valence-electron chi connectivity index (χ0n) is 10.0. The average molecular weight is 309 g/mol. The van der Waals surface area contributed by atoms with Crippen LogP contribution in [0.1, 0.15) is 12.8 Å². The van der Waals surface area contributed by atoms with Crippen LogP contribution in [-0.2, 0) is 10.0 Å². The van der Waals surface area contributed by atoms with Crippen molar-refractivity contribution in [2.75, 3.05) is 18.9 Å². The van der Waals surface area contributed by atoms with Crippen LogP contribution in [0.5, 0.6) is 0 Å². The van der Waals surface area contributed by atoms with Gasteiger partial charge in [-0.15, -0.1) is 0 Å². The standard InChI is InChI=1S/C11H14ClFN2O3S/c12-8-4-9(13)10(14)5-11(8)19(17,18)15-3-1-2-7(15)6-16/h4-5,7,16H,1-3,6,14H2/t7-/m1/s1. The fourth-order valence-electron chi connectivity index (χ4n) is 2.18. The Balaban J connectivity index is 2.48. The molecular weight excluding hydrogens is 295 g/mol. The van der Waals surface area contributed by atoms with Crippen molar-refractivity contribution in [3.63, 3.8) is 0 Å². The number of hydrogen-bond donors (Lipinski definition) is 2. The van der Waals surface area contributed by atoms with E-state index in [-0.39, 0.29) is 22.2 Å². The molecule has 8 heteroatoms. The summed E-state index contributed by atoms with van der Waals surface area (Å²) in [6.45, 7) is 0.0503. The predicted molar refractivity (Wildman–Crippen MR) is 69.8 cm³/mol. The Morgan fingerprint density at radius 1 is 1.53 bits per heavy atom. The van der Waals surface area contributed by atoms with Gasteiger partial charge in [-0.2, -0.15) is 4.31 Å². The van der Waals surface area contributed by atoms with Gasteiger partial charge in [-0.3, -0.25) is 0 Å². The SMILES string of the molecule is Nc1cc(S(=O)(=O)N2CCC[C@@H]2CO)c(Cl)cc1F. The normalized spacial score (nSPS) is 20.9. The summed E-state index contributed by atoms with van der Waals surface area (Å²) in [7, 11) is -3.88. The highest BCUT2D eigenvalue weighted by Crippen LogP contribution is 2.32. The van der Waals surface area contributed by atoms with Gasteiger partial charge in [0.2, 0.25) is 10.0 Å². The third-order valence-corrected chi connectivity index (χ3v) is 5.59. The minimum absolute atomic E-state index is 0.213. The lowest BCUT2D eigenvalue weighted by Gasteiger charge is -2.23. The molecule has 1 aromatic rings. The topological polar surface area (TPSA) is 83.6 Å². The minimum Gasteiger partial charge on any atom is -0.396 e. The molecule has 1 atom stereocenters. The van der Waals surface area contributed by atoms with E-state index >= 15 is 0 Å². The lowest BCUT2D eigenvalue weighted by Crippen LogP contribution is -2.37. The molecule has 2 rings (SSSR count). The van der Waals surface area contributed by atoms with Crippen LogP contribution >= 0.6 is 11.6 Å². The highest BCUT2D eigenvalue weighted by molar-refractivity contribution is 7.89. The molecule has 0 aromatic heterocycles. The number of halogens is 2. The minimum atomic E-state index is -3.88. The number of nitrogens with zero attached hydrogens (tertiary/aromatic N) is 1. The number of benzene rings is 1. The van der Waals surface area contributed by atoms with Gasteiger partial charge in [-0.1, -0.05) is 11.6 Å². The second-order valence-electron chi connectivity index (χ2n) is 4.40. The smallest absolute Gasteiger partial charge is 0.244 e. The van der Waals surface area contributed by atoms with Crippen LogP contribution < -0.4 is 5.73 Å². The number of anilines is 1. The fraction of sp³-hybridized carbons (Fsp3) is 0.455. The van der Waals surface area contributed by atoms with Crippen molar-refractivity contribution in [3.8, 4) is 0 Å². The van der Waals surface area contributed by atoms with Crippen LogP contribution in [0.15, 0.2) is 17.0 Å². The van der Waals surface area contributed by atoms with Gasteiger partial charge in [0.15, 0.2) is 0 Å². The molecule has 1 aliphatic rings. The highest BCUT2D eigenvalue weighted by atomic mass is 35.5. The van der Waals surface area contributed by atoms with E-state index in [0.717, 1.165) is 12.1 Å². The molecular formula is C11H14ClFN2O3S. The molecule has 1 aromatic carbocycles. The van der Waals surface area contributed by atoms with Gasteiger partial charge in [-0.25, -0.2) is 12.8 Å². The third-order valence-electron chi connectivity index (χ3n) is 3.17. The van der Waals surface area contributed by atoms with Crippen LogP contribution in [-0.4, -0.2) is 37.0 Å². The van der Waals surface area contributed by atoms with Crippen molar-refractivity contribution in [1.29, 1.82) is 0 Å². The second-order valence-corrected chi connectivity index (χ2v) is 6.66. The number of aliphatic hydroxyl groups excluding tert-OH is 1. The number of rotatable bonds is 3. The maximum absolute atomic E-state index is 13.2. The van der Waals surface area contributed by atoms with Gasteiger partial charge in [0.05, 0.1) is 17.3 Å². The van der Waals surface area contributed by atoms with E-state index in [9.17, 15) is 17.9 Å². The molecule has 3 N–H and O–H groups in total. The number of sulfonamides is 1. The Labute approximate surface area is 115 Å². The molecule has 1 fully saturated rings. The number of nitrogens with two attached hydrogens (primary N) is 1. The lowest BCUT2D eigenvalue weighted by atomic mass is 10.2.